The first kappa shape index (κ1) is 12.8. The normalized spacial score (nSPS) is 35.8. The summed E-state index contributed by atoms with van der Waals surface area (Å²) in [6.07, 6.45) is 8.40. The predicted molar refractivity (Wildman–Crippen MR) is 66.6 cm³/mol. The number of rotatable bonds is 2. The minimum atomic E-state index is -0.272. The number of nitrogens with one attached hydrogen (secondary N) is 1. The molecule has 1 aliphatic heterocycles. The van der Waals surface area contributed by atoms with Crippen LogP contribution in [0.25, 0.3) is 0 Å². The lowest BCUT2D eigenvalue weighted by atomic mass is 10.1. The van der Waals surface area contributed by atoms with Crippen molar-refractivity contribution in [2.45, 2.75) is 69.6 Å². The van der Waals surface area contributed by atoms with E-state index in [2.05, 4.69) is 5.32 Å². The molecule has 0 aromatic carbocycles. The topological polar surface area (TPSA) is 64.3 Å². The summed E-state index contributed by atoms with van der Waals surface area (Å²) in [5.41, 5.74) is 6.12. The minimum Gasteiger partial charge on any atom is -0.364 e. The second-order valence-electron chi connectivity index (χ2n) is 5.25. The summed E-state index contributed by atoms with van der Waals surface area (Å²) in [5, 5.41) is 2.91. The molecule has 98 valence electrons. The Balaban J connectivity index is 1.90. The van der Waals surface area contributed by atoms with E-state index in [1.54, 1.807) is 0 Å². The third-order valence-electron chi connectivity index (χ3n) is 3.83. The maximum Gasteiger partial charge on any atom is 0.249 e. The monoisotopic (exact) mass is 240 g/mol. The zero-order valence-corrected chi connectivity index (χ0v) is 10.5. The van der Waals surface area contributed by atoms with E-state index in [1.807, 2.05) is 0 Å². The molecule has 1 heterocycles. The van der Waals surface area contributed by atoms with Crippen LogP contribution in [0.4, 0.5) is 0 Å². The number of nitrogens with two attached hydrogens (primary N) is 1. The van der Waals surface area contributed by atoms with E-state index in [0.717, 1.165) is 38.6 Å². The molecule has 0 aromatic heterocycles. The van der Waals surface area contributed by atoms with E-state index >= 15 is 0 Å². The van der Waals surface area contributed by atoms with Crippen molar-refractivity contribution in [2.24, 2.45) is 5.73 Å². The van der Waals surface area contributed by atoms with Crippen LogP contribution in [-0.2, 0) is 9.53 Å². The van der Waals surface area contributed by atoms with Gasteiger partial charge in [-0.25, -0.2) is 0 Å². The minimum absolute atomic E-state index is 0.0546. The lowest BCUT2D eigenvalue weighted by Crippen LogP contribution is -2.43. The van der Waals surface area contributed by atoms with Crippen LogP contribution in [-0.4, -0.2) is 30.7 Å². The highest BCUT2D eigenvalue weighted by Gasteiger charge is 2.28. The van der Waals surface area contributed by atoms with Crippen LogP contribution in [0, 0.1) is 0 Å². The molecular formula is C13H24N2O2. The molecule has 1 amide bonds. The third kappa shape index (κ3) is 3.68. The zero-order chi connectivity index (χ0) is 12.1. The van der Waals surface area contributed by atoms with Crippen LogP contribution in [0.15, 0.2) is 0 Å². The van der Waals surface area contributed by atoms with Gasteiger partial charge in [0.2, 0.25) is 5.91 Å². The number of hydrogen-bond acceptors (Lipinski definition) is 3. The molecule has 0 spiro atoms. The highest BCUT2D eigenvalue weighted by molar-refractivity contribution is 5.80. The van der Waals surface area contributed by atoms with Crippen molar-refractivity contribution in [3.8, 4) is 0 Å². The van der Waals surface area contributed by atoms with Gasteiger partial charge in [0, 0.05) is 12.6 Å². The zero-order valence-electron chi connectivity index (χ0n) is 10.5. The van der Waals surface area contributed by atoms with E-state index in [0.29, 0.717) is 0 Å². The van der Waals surface area contributed by atoms with Gasteiger partial charge in [0.25, 0.3) is 0 Å². The van der Waals surface area contributed by atoms with Gasteiger partial charge in [-0.05, 0) is 32.1 Å². The Bertz CT molecular complexity index is 258. The van der Waals surface area contributed by atoms with Crippen molar-refractivity contribution in [1.29, 1.82) is 0 Å². The summed E-state index contributed by atoms with van der Waals surface area (Å²) in [5.74, 6) is 0.0546. The van der Waals surface area contributed by atoms with Crippen molar-refractivity contribution in [1.82, 2.24) is 5.32 Å². The number of amides is 1. The van der Waals surface area contributed by atoms with Gasteiger partial charge in [-0.2, -0.15) is 0 Å². The van der Waals surface area contributed by atoms with Crippen LogP contribution >= 0.6 is 0 Å². The maximum atomic E-state index is 11.8. The Morgan fingerprint density at radius 2 is 1.82 bits per heavy atom. The highest BCUT2D eigenvalue weighted by Crippen LogP contribution is 2.22. The van der Waals surface area contributed by atoms with Crippen molar-refractivity contribution in [3.05, 3.63) is 0 Å². The van der Waals surface area contributed by atoms with E-state index in [4.69, 9.17) is 10.5 Å². The van der Waals surface area contributed by atoms with Crippen LogP contribution in [0.1, 0.15) is 51.4 Å². The first-order chi connectivity index (χ1) is 8.27. The Hall–Kier alpha value is -0.610. The van der Waals surface area contributed by atoms with E-state index in [9.17, 15) is 4.79 Å². The van der Waals surface area contributed by atoms with E-state index in [1.165, 1.54) is 19.3 Å². The molecule has 4 heteroatoms. The quantitative estimate of drug-likeness (QED) is 0.716. The van der Waals surface area contributed by atoms with Crippen molar-refractivity contribution in [2.75, 3.05) is 6.54 Å². The Morgan fingerprint density at radius 3 is 2.71 bits per heavy atom. The molecule has 3 N–H and O–H groups in total. The summed E-state index contributed by atoms with van der Waals surface area (Å²) < 4.78 is 5.98. The molecule has 1 saturated carbocycles. The fourth-order valence-corrected chi connectivity index (χ4v) is 2.72. The van der Waals surface area contributed by atoms with Gasteiger partial charge in [0.05, 0.1) is 6.10 Å². The third-order valence-corrected chi connectivity index (χ3v) is 3.83. The van der Waals surface area contributed by atoms with Gasteiger partial charge in [-0.3, -0.25) is 4.79 Å². The fourth-order valence-electron chi connectivity index (χ4n) is 2.72. The number of hydrogen-bond donors (Lipinski definition) is 2. The summed E-state index contributed by atoms with van der Waals surface area (Å²) in [6, 6.07) is 0.105. The number of carbonyl (C=O) groups excluding carboxylic acids is 1. The highest BCUT2D eigenvalue weighted by atomic mass is 16.5. The van der Waals surface area contributed by atoms with Crippen LogP contribution in [0.5, 0.6) is 0 Å². The van der Waals surface area contributed by atoms with Crippen LogP contribution in [0.2, 0.25) is 0 Å². The molecule has 0 bridgehead atoms. The van der Waals surface area contributed by atoms with Gasteiger partial charge in [0.1, 0.15) is 6.10 Å². The first-order valence-electron chi connectivity index (χ1n) is 6.96. The van der Waals surface area contributed by atoms with Crippen molar-refractivity contribution >= 4 is 5.91 Å². The molecule has 2 rings (SSSR count). The smallest absolute Gasteiger partial charge is 0.249 e. The average Bonchev–Trinajstić information content (AvgIpc) is 2.63. The first-order valence-corrected chi connectivity index (χ1v) is 6.96. The molecular weight excluding hydrogens is 216 g/mol. The van der Waals surface area contributed by atoms with Gasteiger partial charge < -0.3 is 15.8 Å². The molecule has 1 saturated heterocycles. The van der Waals surface area contributed by atoms with Gasteiger partial charge >= 0.3 is 0 Å². The molecule has 0 aromatic rings. The standard InChI is InChI=1S/C13H24N2O2/c14-10-6-2-1-3-7-11(10)17-12-8-4-5-9-15-13(12)16/h10-12H,1-9,14H2,(H,15,16). The molecule has 0 radical (unpaired) electrons. The predicted octanol–water partition coefficient (Wildman–Crippen LogP) is 1.33. The van der Waals surface area contributed by atoms with E-state index < -0.39 is 0 Å². The summed E-state index contributed by atoms with van der Waals surface area (Å²) in [7, 11) is 0. The SMILES string of the molecule is NC1CCCCCC1OC1CCCCNC1=O. The maximum absolute atomic E-state index is 11.8. The Kier molecular flexibility index (Phi) is 4.80. The molecule has 4 nitrogen and oxygen atoms in total. The molecule has 2 fully saturated rings. The lowest BCUT2D eigenvalue weighted by Gasteiger charge is -2.26. The van der Waals surface area contributed by atoms with Crippen molar-refractivity contribution in [3.63, 3.8) is 0 Å². The van der Waals surface area contributed by atoms with Gasteiger partial charge in [-0.1, -0.05) is 19.3 Å². The number of carbonyl (C=O) groups is 1. The Labute approximate surface area is 103 Å². The summed E-state index contributed by atoms with van der Waals surface area (Å²) in [4.78, 5) is 11.8. The van der Waals surface area contributed by atoms with E-state index in [-0.39, 0.29) is 24.2 Å². The van der Waals surface area contributed by atoms with Crippen molar-refractivity contribution < 1.29 is 9.53 Å². The molecule has 2 aliphatic rings. The van der Waals surface area contributed by atoms with Crippen LogP contribution in [0.3, 0.4) is 0 Å². The Morgan fingerprint density at radius 1 is 1.06 bits per heavy atom. The summed E-state index contributed by atoms with van der Waals surface area (Å²) >= 11 is 0. The molecule has 1 aliphatic carbocycles. The fraction of sp³-hybridized carbons (Fsp3) is 0.923. The van der Waals surface area contributed by atoms with Gasteiger partial charge in [-0.15, -0.1) is 0 Å². The summed E-state index contributed by atoms with van der Waals surface area (Å²) in [6.45, 7) is 0.787. The lowest BCUT2D eigenvalue weighted by molar-refractivity contribution is -0.137. The molecule has 17 heavy (non-hydrogen) atoms. The van der Waals surface area contributed by atoms with Crippen LogP contribution < -0.4 is 11.1 Å². The van der Waals surface area contributed by atoms with Gasteiger partial charge in [0.15, 0.2) is 0 Å². The molecule has 3 unspecified atom stereocenters. The largest absolute Gasteiger partial charge is 0.364 e. The molecule has 3 atom stereocenters. The number of ether oxygens (including phenoxy) is 1. The average molecular weight is 240 g/mol. The second-order valence-corrected chi connectivity index (χ2v) is 5.25. The second kappa shape index (κ2) is 6.36.